The molecule has 0 radical (unpaired) electrons. The Morgan fingerprint density at radius 1 is 0.577 bits per heavy atom. The maximum atomic E-state index is 2.54. The molecule has 2 aromatic heterocycles. The van der Waals surface area contributed by atoms with Gasteiger partial charge in [-0.05, 0) is 98.8 Å². The van der Waals surface area contributed by atoms with E-state index in [9.17, 15) is 0 Å². The highest BCUT2D eigenvalue weighted by atomic mass is 32.1. The van der Waals surface area contributed by atoms with E-state index in [1.165, 1.54) is 80.3 Å². The fraction of sp³-hybridized carbons (Fsp3) is 0.0612. The number of para-hydroxylation sites is 3. The molecule has 1 aliphatic rings. The predicted molar refractivity (Wildman–Crippen MR) is 225 cm³/mol. The van der Waals surface area contributed by atoms with Crippen molar-refractivity contribution >= 4 is 98.7 Å². The topological polar surface area (TPSA) is 8.17 Å². The fourth-order valence-electron chi connectivity index (χ4n) is 8.76. The molecule has 0 aliphatic heterocycles. The molecule has 0 spiro atoms. The Hall–Kier alpha value is -6.16. The first-order valence-electron chi connectivity index (χ1n) is 18.2. The standard InChI is InChI=1S/C49H34N2S/c1-31-22-27-46-42(28-31)39-26-25-35(30-47(39)52-46)50(45-29-33-24-23-32-12-5-6-15-36(32)48(33)40-18-8-7-16-37(40)45)44-21-11-19-41-38-17-9-10-20-43(38)51(49(41)44)34-13-3-2-4-14-34/h2-27,29-31H,28H2,1H3. The lowest BCUT2D eigenvalue weighted by Gasteiger charge is -2.29. The first-order valence-corrected chi connectivity index (χ1v) is 19.0. The van der Waals surface area contributed by atoms with E-state index < -0.39 is 0 Å². The van der Waals surface area contributed by atoms with Gasteiger partial charge in [0.2, 0.25) is 0 Å². The lowest BCUT2D eigenvalue weighted by atomic mass is 9.93. The summed E-state index contributed by atoms with van der Waals surface area (Å²) in [6.45, 7) is 2.32. The Bertz CT molecular complexity index is 3070. The number of anilines is 3. The molecule has 8 aromatic carbocycles. The van der Waals surface area contributed by atoms with Gasteiger partial charge in [-0.15, -0.1) is 11.3 Å². The van der Waals surface area contributed by atoms with Crippen LogP contribution >= 0.6 is 11.3 Å². The Morgan fingerprint density at radius 2 is 1.31 bits per heavy atom. The minimum atomic E-state index is 0.555. The molecule has 10 aromatic rings. The normalized spacial score (nSPS) is 14.3. The molecule has 0 fully saturated rings. The Kier molecular flexibility index (Phi) is 6.50. The van der Waals surface area contributed by atoms with Gasteiger partial charge in [0.1, 0.15) is 0 Å². The number of allylic oxidation sites excluding steroid dienone is 1. The van der Waals surface area contributed by atoms with E-state index in [0.717, 1.165) is 23.5 Å². The molecule has 1 unspecified atom stereocenters. The predicted octanol–water partition coefficient (Wildman–Crippen LogP) is 14.1. The van der Waals surface area contributed by atoms with Gasteiger partial charge in [0.25, 0.3) is 0 Å². The number of hydrogen-bond acceptors (Lipinski definition) is 2. The Labute approximate surface area is 306 Å². The summed E-state index contributed by atoms with van der Waals surface area (Å²) < 4.78 is 3.79. The molecule has 0 saturated heterocycles. The molecule has 1 atom stereocenters. The van der Waals surface area contributed by atoms with Crippen molar-refractivity contribution in [2.45, 2.75) is 13.3 Å². The summed E-state index contributed by atoms with van der Waals surface area (Å²) in [5, 5.41) is 11.5. The number of benzene rings is 8. The zero-order valence-corrected chi connectivity index (χ0v) is 29.6. The van der Waals surface area contributed by atoms with Crippen molar-refractivity contribution in [2.75, 3.05) is 4.90 Å². The fourth-order valence-corrected chi connectivity index (χ4v) is 9.94. The van der Waals surface area contributed by atoms with E-state index in [-0.39, 0.29) is 0 Å². The van der Waals surface area contributed by atoms with Crippen molar-refractivity contribution in [3.8, 4) is 5.69 Å². The van der Waals surface area contributed by atoms with Crippen molar-refractivity contribution in [1.29, 1.82) is 0 Å². The van der Waals surface area contributed by atoms with E-state index in [0.29, 0.717) is 5.92 Å². The molecule has 52 heavy (non-hydrogen) atoms. The summed E-state index contributed by atoms with van der Waals surface area (Å²) >= 11 is 1.92. The summed E-state index contributed by atoms with van der Waals surface area (Å²) in [7, 11) is 0. The first kappa shape index (κ1) is 29.6. The van der Waals surface area contributed by atoms with Gasteiger partial charge >= 0.3 is 0 Å². The summed E-state index contributed by atoms with van der Waals surface area (Å²) in [5.74, 6) is 0.555. The van der Waals surface area contributed by atoms with E-state index in [4.69, 9.17) is 0 Å². The molecular formula is C49H34N2S. The molecular weight excluding hydrogens is 649 g/mol. The molecule has 11 rings (SSSR count). The van der Waals surface area contributed by atoms with Gasteiger partial charge in [0, 0.05) is 37.1 Å². The lowest BCUT2D eigenvalue weighted by molar-refractivity contribution is 0.724. The molecule has 0 N–H and O–H groups in total. The minimum absolute atomic E-state index is 0.555. The molecule has 0 bridgehead atoms. The molecule has 3 heteroatoms. The van der Waals surface area contributed by atoms with Gasteiger partial charge < -0.3 is 9.47 Å². The van der Waals surface area contributed by atoms with Crippen LogP contribution in [0.3, 0.4) is 0 Å². The summed E-state index contributed by atoms with van der Waals surface area (Å²) in [6, 6.07) is 58.4. The largest absolute Gasteiger partial charge is 0.308 e. The van der Waals surface area contributed by atoms with Crippen LogP contribution in [-0.2, 0) is 6.42 Å². The van der Waals surface area contributed by atoms with Crippen molar-refractivity contribution in [1.82, 2.24) is 4.57 Å². The van der Waals surface area contributed by atoms with Crippen molar-refractivity contribution in [3.05, 3.63) is 174 Å². The number of aromatic nitrogens is 1. The van der Waals surface area contributed by atoms with Crippen LogP contribution in [0.4, 0.5) is 17.1 Å². The zero-order chi connectivity index (χ0) is 34.3. The zero-order valence-electron chi connectivity index (χ0n) is 28.8. The van der Waals surface area contributed by atoms with Gasteiger partial charge in [0.15, 0.2) is 0 Å². The molecule has 2 nitrogen and oxygen atoms in total. The third-order valence-corrected chi connectivity index (χ3v) is 12.2. The smallest absolute Gasteiger partial charge is 0.0782 e. The molecule has 246 valence electrons. The van der Waals surface area contributed by atoms with Gasteiger partial charge in [-0.2, -0.15) is 0 Å². The van der Waals surface area contributed by atoms with Gasteiger partial charge in [-0.1, -0.05) is 128 Å². The maximum Gasteiger partial charge on any atom is 0.0782 e. The third-order valence-electron chi connectivity index (χ3n) is 11.1. The summed E-state index contributed by atoms with van der Waals surface area (Å²) in [4.78, 5) is 3.93. The number of nitrogens with zero attached hydrogens (tertiary/aromatic N) is 2. The SMILES string of the molecule is CC1C=Cc2sc3cc(N(c4cc5ccc6ccccc6c5c5ccccc45)c4cccc5c6ccccc6n(-c6ccccc6)c45)ccc3c2C1. The number of thiophene rings is 1. The van der Waals surface area contributed by atoms with Crippen LogP contribution < -0.4 is 4.90 Å². The van der Waals surface area contributed by atoms with Crippen LogP contribution in [0.2, 0.25) is 0 Å². The molecule has 0 amide bonds. The van der Waals surface area contributed by atoms with Crippen molar-refractivity contribution < 1.29 is 0 Å². The van der Waals surface area contributed by atoms with Crippen LogP contribution in [0.15, 0.2) is 164 Å². The first-order chi connectivity index (χ1) is 25.7. The van der Waals surface area contributed by atoms with E-state index >= 15 is 0 Å². The van der Waals surface area contributed by atoms with E-state index in [1.807, 2.05) is 11.3 Å². The second-order valence-corrected chi connectivity index (χ2v) is 15.3. The average Bonchev–Trinajstić information content (AvgIpc) is 3.73. The van der Waals surface area contributed by atoms with Crippen LogP contribution in [-0.4, -0.2) is 4.57 Å². The summed E-state index contributed by atoms with van der Waals surface area (Å²) in [5.41, 5.74) is 8.52. The highest BCUT2D eigenvalue weighted by Crippen LogP contribution is 2.49. The number of rotatable bonds is 4. The number of fused-ring (bicyclic) bond motifs is 11. The Morgan fingerprint density at radius 3 is 2.19 bits per heavy atom. The maximum absolute atomic E-state index is 2.54. The minimum Gasteiger partial charge on any atom is -0.308 e. The van der Waals surface area contributed by atoms with Gasteiger partial charge in [-0.3, -0.25) is 0 Å². The number of hydrogen-bond donors (Lipinski definition) is 0. The molecule has 2 heterocycles. The summed E-state index contributed by atoms with van der Waals surface area (Å²) in [6.07, 6.45) is 5.79. The average molecular weight is 683 g/mol. The van der Waals surface area contributed by atoms with Crippen LogP contribution in [0.1, 0.15) is 17.4 Å². The second kappa shape index (κ2) is 11.4. The van der Waals surface area contributed by atoms with Crippen LogP contribution in [0.25, 0.3) is 76.0 Å². The highest BCUT2D eigenvalue weighted by molar-refractivity contribution is 7.20. The van der Waals surface area contributed by atoms with Crippen LogP contribution in [0, 0.1) is 5.92 Å². The Balaban J connectivity index is 1.28. The van der Waals surface area contributed by atoms with Crippen molar-refractivity contribution in [3.63, 3.8) is 0 Å². The van der Waals surface area contributed by atoms with Gasteiger partial charge in [0.05, 0.1) is 22.4 Å². The highest BCUT2D eigenvalue weighted by Gasteiger charge is 2.25. The monoisotopic (exact) mass is 682 g/mol. The second-order valence-electron chi connectivity index (χ2n) is 14.2. The van der Waals surface area contributed by atoms with E-state index in [1.54, 1.807) is 0 Å². The van der Waals surface area contributed by atoms with Gasteiger partial charge in [-0.25, -0.2) is 0 Å². The quantitative estimate of drug-likeness (QED) is 0.168. The lowest BCUT2D eigenvalue weighted by Crippen LogP contribution is -2.12. The van der Waals surface area contributed by atoms with Crippen LogP contribution in [0.5, 0.6) is 0 Å². The molecule has 0 saturated carbocycles. The van der Waals surface area contributed by atoms with E-state index in [2.05, 4.69) is 186 Å². The van der Waals surface area contributed by atoms with Crippen molar-refractivity contribution in [2.24, 2.45) is 5.92 Å². The molecule has 1 aliphatic carbocycles. The third kappa shape index (κ3) is 4.36.